The van der Waals surface area contributed by atoms with Crippen LogP contribution in [0.5, 0.6) is 0 Å². The number of benzene rings is 1. The second-order valence-corrected chi connectivity index (χ2v) is 7.28. The van der Waals surface area contributed by atoms with Gasteiger partial charge in [0, 0.05) is 13.0 Å². The third kappa shape index (κ3) is 3.17. The molecular formula is C12H13Cl2NO5S. The SMILES string of the molecule is COC(=O)[C@H]1C[C@H](O)CN1S(=O)(=O)c1ccc(Cl)c(Cl)c1. The molecule has 0 unspecified atom stereocenters. The Morgan fingerprint density at radius 3 is 2.62 bits per heavy atom. The molecule has 0 spiro atoms. The highest BCUT2D eigenvalue weighted by Crippen LogP contribution is 2.30. The molecule has 1 aromatic carbocycles. The molecule has 2 atom stereocenters. The van der Waals surface area contributed by atoms with E-state index in [1.54, 1.807) is 0 Å². The van der Waals surface area contributed by atoms with E-state index in [1.807, 2.05) is 0 Å². The number of aliphatic hydroxyl groups is 1. The van der Waals surface area contributed by atoms with E-state index in [-0.39, 0.29) is 27.9 Å². The van der Waals surface area contributed by atoms with Crippen LogP contribution in [0.15, 0.2) is 23.1 Å². The number of halogens is 2. The predicted octanol–water partition coefficient (Wildman–Crippen LogP) is 1.29. The highest BCUT2D eigenvalue weighted by Gasteiger charge is 2.44. The van der Waals surface area contributed by atoms with Gasteiger partial charge in [-0.15, -0.1) is 0 Å². The highest BCUT2D eigenvalue weighted by molar-refractivity contribution is 7.89. The summed E-state index contributed by atoms with van der Waals surface area (Å²) in [6, 6.07) is 2.81. The maximum absolute atomic E-state index is 12.6. The van der Waals surface area contributed by atoms with Gasteiger partial charge in [-0.2, -0.15) is 4.31 Å². The molecule has 0 saturated carbocycles. The smallest absolute Gasteiger partial charge is 0.324 e. The van der Waals surface area contributed by atoms with Crippen LogP contribution in [0.4, 0.5) is 0 Å². The monoisotopic (exact) mass is 353 g/mol. The Morgan fingerprint density at radius 1 is 1.38 bits per heavy atom. The van der Waals surface area contributed by atoms with Crippen molar-refractivity contribution in [3.05, 3.63) is 28.2 Å². The minimum atomic E-state index is -3.99. The third-order valence-electron chi connectivity index (χ3n) is 3.20. The van der Waals surface area contributed by atoms with Gasteiger partial charge in [0.25, 0.3) is 0 Å². The van der Waals surface area contributed by atoms with Crippen molar-refractivity contribution >= 4 is 39.2 Å². The second kappa shape index (κ2) is 6.10. The van der Waals surface area contributed by atoms with Gasteiger partial charge >= 0.3 is 5.97 Å². The number of carbonyl (C=O) groups excluding carboxylic acids is 1. The summed E-state index contributed by atoms with van der Waals surface area (Å²) < 4.78 is 30.7. The molecule has 116 valence electrons. The summed E-state index contributed by atoms with van der Waals surface area (Å²) in [6.07, 6.45) is -0.931. The van der Waals surface area contributed by atoms with Crippen LogP contribution in [0.25, 0.3) is 0 Å². The number of hydrogen-bond donors (Lipinski definition) is 1. The molecule has 1 aliphatic rings. The Kier molecular flexibility index (Phi) is 4.79. The number of rotatable bonds is 3. The first-order valence-electron chi connectivity index (χ1n) is 6.00. The van der Waals surface area contributed by atoms with Crippen molar-refractivity contribution in [2.24, 2.45) is 0 Å². The first-order chi connectivity index (χ1) is 9.77. The maximum atomic E-state index is 12.6. The lowest BCUT2D eigenvalue weighted by molar-refractivity contribution is -0.144. The summed E-state index contributed by atoms with van der Waals surface area (Å²) >= 11 is 11.6. The third-order valence-corrected chi connectivity index (χ3v) is 5.81. The van der Waals surface area contributed by atoms with Crippen LogP contribution in [-0.2, 0) is 19.6 Å². The molecule has 9 heteroatoms. The molecule has 0 aliphatic carbocycles. The molecule has 2 rings (SSSR count). The topological polar surface area (TPSA) is 83.9 Å². The molecule has 6 nitrogen and oxygen atoms in total. The van der Waals surface area contributed by atoms with Crippen LogP contribution < -0.4 is 0 Å². The lowest BCUT2D eigenvalue weighted by atomic mass is 10.2. The van der Waals surface area contributed by atoms with Crippen molar-refractivity contribution < 1.29 is 23.1 Å². The summed E-state index contributed by atoms with van der Waals surface area (Å²) in [5.74, 6) is -0.713. The molecule has 1 heterocycles. The summed E-state index contributed by atoms with van der Waals surface area (Å²) in [6.45, 7) is -0.178. The van der Waals surface area contributed by atoms with Crippen molar-refractivity contribution in [3.8, 4) is 0 Å². The van der Waals surface area contributed by atoms with Crippen LogP contribution in [0.2, 0.25) is 10.0 Å². The van der Waals surface area contributed by atoms with Crippen LogP contribution in [0.3, 0.4) is 0 Å². The molecule has 0 radical (unpaired) electrons. The number of β-amino-alcohol motifs (C(OH)–C–C–N with tert-alkyl or cyclic N) is 1. The fourth-order valence-corrected chi connectivity index (χ4v) is 4.19. The Hall–Kier alpha value is -0.860. The molecule has 1 saturated heterocycles. The summed E-state index contributed by atoms with van der Waals surface area (Å²) in [5, 5.41) is 9.98. The molecule has 1 aliphatic heterocycles. The van der Waals surface area contributed by atoms with Crippen LogP contribution >= 0.6 is 23.2 Å². The van der Waals surface area contributed by atoms with Crippen LogP contribution in [-0.4, -0.2) is 49.6 Å². The van der Waals surface area contributed by atoms with Crippen molar-refractivity contribution in [2.75, 3.05) is 13.7 Å². The van der Waals surface area contributed by atoms with E-state index in [1.165, 1.54) is 18.2 Å². The number of ether oxygens (including phenoxy) is 1. The van der Waals surface area contributed by atoms with Gasteiger partial charge in [0.05, 0.1) is 28.2 Å². The minimum absolute atomic E-state index is 0.00672. The van der Waals surface area contributed by atoms with E-state index in [0.29, 0.717) is 0 Å². The molecular weight excluding hydrogens is 341 g/mol. The zero-order valence-corrected chi connectivity index (χ0v) is 13.3. The molecule has 1 fully saturated rings. The van der Waals surface area contributed by atoms with E-state index >= 15 is 0 Å². The zero-order valence-electron chi connectivity index (χ0n) is 11.0. The summed E-state index contributed by atoms with van der Waals surface area (Å²) in [4.78, 5) is 11.6. The molecule has 21 heavy (non-hydrogen) atoms. The molecule has 0 aromatic heterocycles. The standard InChI is InChI=1S/C12H13Cl2NO5S/c1-20-12(17)11-4-7(16)6-15(11)21(18,19)8-2-3-9(13)10(14)5-8/h2-3,5,7,11,16H,4,6H2,1H3/t7-,11+/m0/s1. The zero-order chi connectivity index (χ0) is 15.8. The average molecular weight is 354 g/mol. The Labute approximate surface area is 132 Å². The Balaban J connectivity index is 2.41. The average Bonchev–Trinajstić information content (AvgIpc) is 2.83. The number of esters is 1. The molecule has 1 N–H and O–H groups in total. The number of nitrogens with zero attached hydrogens (tertiary/aromatic N) is 1. The highest BCUT2D eigenvalue weighted by atomic mass is 35.5. The van der Waals surface area contributed by atoms with Gasteiger partial charge in [-0.3, -0.25) is 4.79 Å². The number of hydrogen-bond acceptors (Lipinski definition) is 5. The van der Waals surface area contributed by atoms with E-state index in [2.05, 4.69) is 4.74 Å². The Bertz CT molecular complexity index is 664. The Morgan fingerprint density at radius 2 is 2.05 bits per heavy atom. The minimum Gasteiger partial charge on any atom is -0.468 e. The van der Waals surface area contributed by atoms with Gasteiger partial charge in [0.15, 0.2) is 0 Å². The van der Waals surface area contributed by atoms with Crippen molar-refractivity contribution in [1.29, 1.82) is 0 Å². The van der Waals surface area contributed by atoms with Gasteiger partial charge in [-0.05, 0) is 18.2 Å². The number of aliphatic hydroxyl groups excluding tert-OH is 1. The fourth-order valence-electron chi connectivity index (χ4n) is 2.17. The van der Waals surface area contributed by atoms with Crippen LogP contribution in [0.1, 0.15) is 6.42 Å². The molecule has 0 bridgehead atoms. The predicted molar refractivity (Wildman–Crippen MR) is 76.8 cm³/mol. The van der Waals surface area contributed by atoms with Crippen molar-refractivity contribution in [1.82, 2.24) is 4.31 Å². The van der Waals surface area contributed by atoms with Crippen LogP contribution in [0, 0.1) is 0 Å². The summed E-state index contributed by atoms with van der Waals surface area (Å²) in [5.41, 5.74) is 0. The first-order valence-corrected chi connectivity index (χ1v) is 8.19. The largest absolute Gasteiger partial charge is 0.468 e. The van der Waals surface area contributed by atoms with E-state index in [4.69, 9.17) is 23.2 Å². The quantitative estimate of drug-likeness (QED) is 0.827. The van der Waals surface area contributed by atoms with E-state index in [0.717, 1.165) is 11.4 Å². The fraction of sp³-hybridized carbons (Fsp3) is 0.417. The van der Waals surface area contributed by atoms with E-state index in [9.17, 15) is 18.3 Å². The van der Waals surface area contributed by atoms with Gasteiger partial charge < -0.3 is 9.84 Å². The normalized spacial score (nSPS) is 23.2. The lowest BCUT2D eigenvalue weighted by Gasteiger charge is -2.22. The number of methoxy groups -OCH3 is 1. The van der Waals surface area contributed by atoms with Gasteiger partial charge in [0.2, 0.25) is 10.0 Å². The molecule has 1 aromatic rings. The summed E-state index contributed by atoms with van der Waals surface area (Å²) in [7, 11) is -2.82. The van der Waals surface area contributed by atoms with Gasteiger partial charge in [0.1, 0.15) is 6.04 Å². The lowest BCUT2D eigenvalue weighted by Crippen LogP contribution is -2.41. The second-order valence-electron chi connectivity index (χ2n) is 4.58. The van der Waals surface area contributed by atoms with Gasteiger partial charge in [-0.1, -0.05) is 23.2 Å². The van der Waals surface area contributed by atoms with Crippen molar-refractivity contribution in [3.63, 3.8) is 0 Å². The van der Waals surface area contributed by atoms with Gasteiger partial charge in [-0.25, -0.2) is 8.42 Å². The van der Waals surface area contributed by atoms with Crippen molar-refractivity contribution in [2.45, 2.75) is 23.5 Å². The maximum Gasteiger partial charge on any atom is 0.324 e. The molecule has 0 amide bonds. The number of carbonyl (C=O) groups is 1. The van der Waals surface area contributed by atoms with E-state index < -0.39 is 28.1 Å². The number of sulfonamides is 1. The first kappa shape index (κ1) is 16.5.